The van der Waals surface area contributed by atoms with E-state index in [-0.39, 0.29) is 12.2 Å². The number of hydrogen-bond donors (Lipinski definition) is 0. The van der Waals surface area contributed by atoms with E-state index < -0.39 is 11.6 Å². The fraction of sp³-hybridized carbons (Fsp3) is 0.714. The highest BCUT2D eigenvalue weighted by Gasteiger charge is 2.40. The van der Waals surface area contributed by atoms with Crippen LogP contribution in [0.1, 0.15) is 51.0 Å². The molecule has 0 radical (unpaired) electrons. The molecule has 2 aliphatic rings. The molecular weight excluding hydrogens is 248 g/mol. The first-order valence-electron chi connectivity index (χ1n) is 6.56. The van der Waals surface area contributed by atoms with Gasteiger partial charge in [-0.25, -0.2) is 0 Å². The van der Waals surface area contributed by atoms with E-state index in [2.05, 4.69) is 0 Å². The summed E-state index contributed by atoms with van der Waals surface area (Å²) in [5.74, 6) is -1.10. The van der Waals surface area contributed by atoms with Crippen LogP contribution in [0.25, 0.3) is 0 Å². The molecule has 3 rings (SSSR count). The topological polar surface area (TPSA) is 50.1 Å². The van der Waals surface area contributed by atoms with E-state index in [1.54, 1.807) is 12.5 Å². The van der Waals surface area contributed by atoms with Gasteiger partial charge in [0.25, 0.3) is 0 Å². The third-order valence-corrected chi connectivity index (χ3v) is 3.43. The molecule has 0 aromatic carbocycles. The van der Waals surface area contributed by atoms with E-state index in [0.717, 1.165) is 11.1 Å². The van der Waals surface area contributed by atoms with Gasteiger partial charge in [-0.3, -0.25) is 0 Å². The largest absolute Gasteiger partial charge is 0.472 e. The summed E-state index contributed by atoms with van der Waals surface area (Å²) in [6.45, 7) is 8.68. The Morgan fingerprint density at radius 3 is 1.58 bits per heavy atom. The molecule has 2 fully saturated rings. The van der Waals surface area contributed by atoms with Crippen LogP contribution < -0.4 is 0 Å². The molecule has 5 heteroatoms. The van der Waals surface area contributed by atoms with Gasteiger partial charge in [0.15, 0.2) is 11.6 Å². The lowest BCUT2D eigenvalue weighted by Crippen LogP contribution is -2.20. The van der Waals surface area contributed by atoms with Crippen LogP contribution in [0.5, 0.6) is 0 Å². The van der Waals surface area contributed by atoms with Crippen molar-refractivity contribution < 1.29 is 23.4 Å². The summed E-state index contributed by atoms with van der Waals surface area (Å²) in [4.78, 5) is 0. The zero-order valence-corrected chi connectivity index (χ0v) is 11.8. The smallest absolute Gasteiger partial charge is 0.163 e. The molecule has 0 unspecified atom stereocenters. The van der Waals surface area contributed by atoms with Gasteiger partial charge in [0, 0.05) is 11.1 Å². The first-order valence-corrected chi connectivity index (χ1v) is 6.56. The molecule has 2 atom stereocenters. The second kappa shape index (κ2) is 4.31. The van der Waals surface area contributed by atoms with E-state index >= 15 is 0 Å². The van der Waals surface area contributed by atoms with Crippen LogP contribution in [0.2, 0.25) is 0 Å². The van der Waals surface area contributed by atoms with Crippen LogP contribution in [0.4, 0.5) is 0 Å². The maximum Gasteiger partial charge on any atom is 0.163 e. The lowest BCUT2D eigenvalue weighted by Gasteiger charge is -2.19. The maximum atomic E-state index is 5.87. The highest BCUT2D eigenvalue weighted by atomic mass is 16.7. The summed E-state index contributed by atoms with van der Waals surface area (Å²) in [5, 5.41) is 0. The first-order chi connectivity index (χ1) is 8.86. The Kier molecular flexibility index (Phi) is 2.98. The second-order valence-electron chi connectivity index (χ2n) is 5.92. The predicted molar refractivity (Wildman–Crippen MR) is 66.4 cm³/mol. The van der Waals surface area contributed by atoms with Gasteiger partial charge in [-0.1, -0.05) is 0 Å². The number of ether oxygens (including phenoxy) is 4. The average Bonchev–Trinajstić information content (AvgIpc) is 2.96. The van der Waals surface area contributed by atoms with E-state index in [1.165, 1.54) is 0 Å². The summed E-state index contributed by atoms with van der Waals surface area (Å²) >= 11 is 0. The SMILES string of the molecule is CC1(C)OC[C@H](c2cocc2[C@H]2COC(C)(C)O2)O1. The highest BCUT2D eigenvalue weighted by Crippen LogP contribution is 2.40. The molecule has 0 saturated carbocycles. The van der Waals surface area contributed by atoms with Crippen molar-refractivity contribution in [2.75, 3.05) is 13.2 Å². The van der Waals surface area contributed by atoms with E-state index in [4.69, 9.17) is 23.4 Å². The Balaban J connectivity index is 1.80. The molecule has 19 heavy (non-hydrogen) atoms. The van der Waals surface area contributed by atoms with Crippen LogP contribution in [0.15, 0.2) is 16.9 Å². The van der Waals surface area contributed by atoms with E-state index in [1.807, 2.05) is 27.7 Å². The lowest BCUT2D eigenvalue weighted by molar-refractivity contribution is -0.142. The number of hydrogen-bond acceptors (Lipinski definition) is 5. The normalized spacial score (nSPS) is 32.8. The quantitative estimate of drug-likeness (QED) is 0.825. The van der Waals surface area contributed by atoms with Crippen molar-refractivity contribution in [1.82, 2.24) is 0 Å². The molecule has 0 spiro atoms. The molecule has 0 N–H and O–H groups in total. The molecule has 0 aliphatic carbocycles. The molecule has 0 bridgehead atoms. The standard InChI is InChI=1S/C14H20O5/c1-13(2)16-7-11(18-13)9-5-15-6-10(9)12-8-17-14(3,4)19-12/h5-6,11-12H,7-8H2,1-4H3/t11-,12-/m1/s1. The Labute approximate surface area is 112 Å². The Hall–Kier alpha value is -0.880. The summed E-state index contributed by atoms with van der Waals surface area (Å²) < 4.78 is 28.3. The minimum absolute atomic E-state index is 0.115. The van der Waals surface area contributed by atoms with Crippen molar-refractivity contribution in [2.45, 2.75) is 51.5 Å². The van der Waals surface area contributed by atoms with E-state index in [0.29, 0.717) is 13.2 Å². The summed E-state index contributed by atoms with van der Waals surface area (Å²) in [5.41, 5.74) is 1.97. The van der Waals surface area contributed by atoms with Gasteiger partial charge in [0.05, 0.1) is 25.7 Å². The van der Waals surface area contributed by atoms with Gasteiger partial charge < -0.3 is 23.4 Å². The molecule has 5 nitrogen and oxygen atoms in total. The molecule has 1 aromatic heterocycles. The Bertz CT molecular complexity index is 422. The van der Waals surface area contributed by atoms with Crippen molar-refractivity contribution in [3.05, 3.63) is 23.7 Å². The minimum Gasteiger partial charge on any atom is -0.472 e. The van der Waals surface area contributed by atoms with Gasteiger partial charge in [-0.05, 0) is 27.7 Å². The van der Waals surface area contributed by atoms with Crippen LogP contribution in [-0.4, -0.2) is 24.8 Å². The zero-order valence-electron chi connectivity index (χ0n) is 11.8. The van der Waals surface area contributed by atoms with Gasteiger partial charge in [-0.2, -0.15) is 0 Å². The highest BCUT2D eigenvalue weighted by molar-refractivity contribution is 5.27. The fourth-order valence-corrected chi connectivity index (χ4v) is 2.52. The summed E-state index contributed by atoms with van der Waals surface area (Å²) in [7, 11) is 0. The predicted octanol–water partition coefficient (Wildman–Crippen LogP) is 2.93. The molecule has 2 saturated heterocycles. The van der Waals surface area contributed by atoms with Crippen LogP contribution in [0, 0.1) is 0 Å². The van der Waals surface area contributed by atoms with E-state index in [9.17, 15) is 0 Å². The first kappa shape index (κ1) is 13.1. The zero-order chi connectivity index (χ0) is 13.7. The monoisotopic (exact) mass is 268 g/mol. The molecule has 0 amide bonds. The van der Waals surface area contributed by atoms with Crippen molar-refractivity contribution in [3.63, 3.8) is 0 Å². The summed E-state index contributed by atoms with van der Waals surface area (Å²) in [6, 6.07) is 0. The second-order valence-corrected chi connectivity index (χ2v) is 5.92. The molecule has 3 heterocycles. The van der Waals surface area contributed by atoms with Crippen molar-refractivity contribution in [3.8, 4) is 0 Å². The Morgan fingerprint density at radius 1 is 0.842 bits per heavy atom. The van der Waals surface area contributed by atoms with Crippen LogP contribution in [-0.2, 0) is 18.9 Å². The average molecular weight is 268 g/mol. The third-order valence-electron chi connectivity index (χ3n) is 3.43. The Morgan fingerprint density at radius 2 is 1.26 bits per heavy atom. The molecule has 1 aromatic rings. The van der Waals surface area contributed by atoms with Gasteiger partial charge in [0.1, 0.15) is 12.2 Å². The van der Waals surface area contributed by atoms with Gasteiger partial charge >= 0.3 is 0 Å². The van der Waals surface area contributed by atoms with Crippen LogP contribution >= 0.6 is 0 Å². The third kappa shape index (κ3) is 2.56. The fourth-order valence-electron chi connectivity index (χ4n) is 2.52. The number of rotatable bonds is 2. The van der Waals surface area contributed by atoms with Crippen LogP contribution in [0.3, 0.4) is 0 Å². The van der Waals surface area contributed by atoms with Gasteiger partial charge in [0.2, 0.25) is 0 Å². The minimum atomic E-state index is -0.550. The molecular formula is C14H20O5. The summed E-state index contributed by atoms with van der Waals surface area (Å²) in [6.07, 6.45) is 3.19. The molecule has 106 valence electrons. The van der Waals surface area contributed by atoms with Gasteiger partial charge in [-0.15, -0.1) is 0 Å². The molecule has 2 aliphatic heterocycles. The number of furan rings is 1. The lowest BCUT2D eigenvalue weighted by atomic mass is 10.0. The van der Waals surface area contributed by atoms with Crippen molar-refractivity contribution in [1.29, 1.82) is 0 Å². The van der Waals surface area contributed by atoms with Crippen molar-refractivity contribution in [2.24, 2.45) is 0 Å². The van der Waals surface area contributed by atoms with Crippen molar-refractivity contribution >= 4 is 0 Å². The maximum absolute atomic E-state index is 5.87.